The van der Waals surface area contributed by atoms with Crippen molar-refractivity contribution in [2.24, 2.45) is 5.41 Å². The molecule has 0 aromatic heterocycles. The lowest BCUT2D eigenvalue weighted by Gasteiger charge is -2.32. The molecule has 2 heteroatoms. The maximum Gasteiger partial charge on any atom is 0.332 e. The second-order valence-corrected chi connectivity index (χ2v) is 8.66. The maximum absolute atomic E-state index is 11.7. The van der Waals surface area contributed by atoms with E-state index >= 15 is 0 Å². The topological polar surface area (TPSA) is 37.3 Å². The van der Waals surface area contributed by atoms with Crippen LogP contribution in [0, 0.1) is 5.41 Å². The van der Waals surface area contributed by atoms with Crippen LogP contribution >= 0.6 is 0 Å². The molecule has 1 aliphatic carbocycles. The zero-order valence-electron chi connectivity index (χ0n) is 18.5. The molecular weight excluding hydrogens is 356 g/mol. The number of hydrogen-bond acceptors (Lipinski definition) is 1. The maximum atomic E-state index is 11.7. The van der Waals surface area contributed by atoms with Crippen LogP contribution in [0.15, 0.2) is 88.6 Å². The largest absolute Gasteiger partial charge is 0.478 e. The molecule has 0 spiro atoms. The number of aliphatic carboxylic acids is 1. The summed E-state index contributed by atoms with van der Waals surface area (Å²) < 4.78 is 0. The first-order valence-electron chi connectivity index (χ1n) is 10.4. The van der Waals surface area contributed by atoms with Gasteiger partial charge in [0.15, 0.2) is 0 Å². The van der Waals surface area contributed by atoms with E-state index < -0.39 is 5.97 Å². The fourth-order valence-electron chi connectivity index (χ4n) is 3.91. The number of hydrogen-bond donors (Lipinski definition) is 1. The molecule has 2 nitrogen and oxygen atoms in total. The third kappa shape index (κ3) is 6.74. The van der Waals surface area contributed by atoms with Crippen molar-refractivity contribution in [1.82, 2.24) is 0 Å². The van der Waals surface area contributed by atoms with Crippen LogP contribution in [0.4, 0.5) is 0 Å². The average Bonchev–Trinajstić information content (AvgIpc) is 2.65. The Labute approximate surface area is 176 Å². The first-order chi connectivity index (χ1) is 13.7. The van der Waals surface area contributed by atoms with Crippen LogP contribution in [0.1, 0.15) is 59.4 Å². The predicted octanol–water partition coefficient (Wildman–Crippen LogP) is 7.22. The molecule has 0 amide bonds. The normalized spacial score (nSPS) is 18.4. The lowest BCUT2D eigenvalue weighted by molar-refractivity contribution is -0.132. The Kier molecular flexibility index (Phi) is 8.01. The van der Waals surface area contributed by atoms with Crippen LogP contribution in [-0.4, -0.2) is 11.1 Å². The highest BCUT2D eigenvalue weighted by atomic mass is 16.4. The summed E-state index contributed by atoms with van der Waals surface area (Å²) in [7, 11) is 0. The van der Waals surface area contributed by atoms with Crippen molar-refractivity contribution >= 4 is 5.97 Å². The molecule has 0 atom stereocenters. The van der Waals surface area contributed by atoms with Gasteiger partial charge in [-0.1, -0.05) is 85.7 Å². The SMILES string of the molecule is CC(C=CC1=C(C)CCCC1(C)C)=CC=CC(C)=C(Cc1ccccc1)C(=O)O. The van der Waals surface area contributed by atoms with Crippen LogP contribution in [0.3, 0.4) is 0 Å². The lowest BCUT2D eigenvalue weighted by Crippen LogP contribution is -2.19. The van der Waals surface area contributed by atoms with E-state index in [1.54, 1.807) is 0 Å². The van der Waals surface area contributed by atoms with Gasteiger partial charge in [0.1, 0.15) is 0 Å². The average molecular weight is 391 g/mol. The molecule has 1 aromatic carbocycles. The summed E-state index contributed by atoms with van der Waals surface area (Å²) in [5, 5.41) is 9.59. The molecule has 2 rings (SSSR count). The minimum Gasteiger partial charge on any atom is -0.478 e. The second kappa shape index (κ2) is 10.2. The van der Waals surface area contributed by atoms with E-state index in [4.69, 9.17) is 0 Å². The monoisotopic (exact) mass is 390 g/mol. The van der Waals surface area contributed by atoms with Crippen molar-refractivity contribution in [3.8, 4) is 0 Å². The van der Waals surface area contributed by atoms with Gasteiger partial charge >= 0.3 is 5.97 Å². The Balaban J connectivity index is 2.13. The molecule has 0 bridgehead atoms. The molecule has 0 fully saturated rings. The van der Waals surface area contributed by atoms with Gasteiger partial charge in [0.05, 0.1) is 0 Å². The summed E-state index contributed by atoms with van der Waals surface area (Å²) in [6, 6.07) is 9.72. The zero-order chi connectivity index (χ0) is 21.4. The van der Waals surface area contributed by atoms with E-state index in [-0.39, 0.29) is 5.41 Å². The Morgan fingerprint density at radius 2 is 1.83 bits per heavy atom. The molecule has 154 valence electrons. The van der Waals surface area contributed by atoms with Crippen LogP contribution in [-0.2, 0) is 11.2 Å². The molecule has 0 unspecified atom stereocenters. The van der Waals surface area contributed by atoms with E-state index in [0.29, 0.717) is 12.0 Å². The first-order valence-corrected chi connectivity index (χ1v) is 10.4. The van der Waals surface area contributed by atoms with Gasteiger partial charge in [-0.15, -0.1) is 0 Å². The van der Waals surface area contributed by atoms with Gasteiger partial charge in [0.25, 0.3) is 0 Å². The molecule has 0 saturated carbocycles. The zero-order valence-corrected chi connectivity index (χ0v) is 18.5. The Morgan fingerprint density at radius 3 is 2.45 bits per heavy atom. The fourth-order valence-corrected chi connectivity index (χ4v) is 3.91. The minimum absolute atomic E-state index is 0.238. The number of carboxylic acids is 1. The Hall–Kier alpha value is -2.61. The first kappa shape index (κ1) is 22.7. The molecule has 0 aliphatic heterocycles. The molecule has 1 N–H and O–H groups in total. The van der Waals surface area contributed by atoms with Crippen LogP contribution < -0.4 is 0 Å². The highest BCUT2D eigenvalue weighted by Crippen LogP contribution is 2.40. The Bertz CT molecular complexity index is 874. The Morgan fingerprint density at radius 1 is 1.14 bits per heavy atom. The summed E-state index contributed by atoms with van der Waals surface area (Å²) in [5.74, 6) is -0.862. The highest BCUT2D eigenvalue weighted by molar-refractivity contribution is 5.88. The lowest BCUT2D eigenvalue weighted by atomic mass is 9.72. The summed E-state index contributed by atoms with van der Waals surface area (Å²) in [5.41, 5.74) is 6.54. The van der Waals surface area contributed by atoms with E-state index in [2.05, 4.69) is 39.8 Å². The van der Waals surface area contributed by atoms with Gasteiger partial charge in [0.2, 0.25) is 0 Å². The third-order valence-corrected chi connectivity index (χ3v) is 5.72. The van der Waals surface area contributed by atoms with Crippen LogP contribution in [0.5, 0.6) is 0 Å². The molecule has 29 heavy (non-hydrogen) atoms. The van der Waals surface area contributed by atoms with Crippen LogP contribution in [0.25, 0.3) is 0 Å². The molecule has 1 aliphatic rings. The smallest absolute Gasteiger partial charge is 0.332 e. The standard InChI is InChI=1S/C27H34O2/c1-20(16-17-25-22(3)13-10-18-27(25,4)5)11-9-12-21(2)24(26(28)29)19-23-14-7-6-8-15-23/h6-9,11-12,14-17H,10,13,18-19H2,1-5H3,(H,28,29). The molecule has 1 aromatic rings. The van der Waals surface area contributed by atoms with Gasteiger partial charge in [0, 0.05) is 12.0 Å². The fraction of sp³-hybridized carbons (Fsp3) is 0.370. The van der Waals surface area contributed by atoms with Crippen molar-refractivity contribution in [3.05, 3.63) is 94.1 Å². The second-order valence-electron chi connectivity index (χ2n) is 8.66. The van der Waals surface area contributed by atoms with Crippen molar-refractivity contribution in [1.29, 1.82) is 0 Å². The van der Waals surface area contributed by atoms with Gasteiger partial charge in [-0.3, -0.25) is 0 Å². The van der Waals surface area contributed by atoms with E-state index in [0.717, 1.165) is 16.7 Å². The van der Waals surface area contributed by atoms with Crippen molar-refractivity contribution in [2.75, 3.05) is 0 Å². The minimum atomic E-state index is -0.862. The number of carboxylic acid groups (broad SMARTS) is 1. The number of carbonyl (C=O) groups is 1. The molecule has 0 heterocycles. The van der Waals surface area contributed by atoms with Gasteiger partial charge in [-0.05, 0) is 62.2 Å². The predicted molar refractivity (Wildman–Crippen MR) is 123 cm³/mol. The summed E-state index contributed by atoms with van der Waals surface area (Å²) in [6.45, 7) is 10.8. The van der Waals surface area contributed by atoms with E-state index in [1.165, 1.54) is 30.4 Å². The summed E-state index contributed by atoms with van der Waals surface area (Å²) >= 11 is 0. The number of benzene rings is 1. The number of allylic oxidation sites excluding steroid dienone is 9. The molecular formula is C27H34O2. The van der Waals surface area contributed by atoms with Gasteiger partial charge < -0.3 is 5.11 Å². The quantitative estimate of drug-likeness (QED) is 0.394. The van der Waals surface area contributed by atoms with Gasteiger partial charge in [-0.25, -0.2) is 4.79 Å². The number of rotatable bonds is 7. The van der Waals surface area contributed by atoms with E-state index in [9.17, 15) is 9.90 Å². The molecule has 0 saturated heterocycles. The molecule has 0 radical (unpaired) electrons. The summed E-state index contributed by atoms with van der Waals surface area (Å²) in [4.78, 5) is 11.7. The summed E-state index contributed by atoms with van der Waals surface area (Å²) in [6.07, 6.45) is 14.4. The van der Waals surface area contributed by atoms with Crippen molar-refractivity contribution in [2.45, 2.75) is 60.3 Å². The third-order valence-electron chi connectivity index (χ3n) is 5.72. The van der Waals surface area contributed by atoms with Gasteiger partial charge in [-0.2, -0.15) is 0 Å². The van der Waals surface area contributed by atoms with Crippen molar-refractivity contribution in [3.63, 3.8) is 0 Å². The van der Waals surface area contributed by atoms with Crippen molar-refractivity contribution < 1.29 is 9.90 Å². The van der Waals surface area contributed by atoms with E-state index in [1.807, 2.05) is 55.5 Å². The highest BCUT2D eigenvalue weighted by Gasteiger charge is 2.26. The van der Waals surface area contributed by atoms with Crippen LogP contribution in [0.2, 0.25) is 0 Å².